The van der Waals surface area contributed by atoms with Crippen molar-refractivity contribution in [3.05, 3.63) is 35.4 Å². The van der Waals surface area contributed by atoms with Gasteiger partial charge in [0.05, 0.1) is 6.61 Å². The van der Waals surface area contributed by atoms with Crippen LogP contribution in [-0.2, 0) is 17.9 Å². The first-order valence-corrected chi connectivity index (χ1v) is 5.65. The third kappa shape index (κ3) is 5.47. The van der Waals surface area contributed by atoms with Crippen LogP contribution in [0.1, 0.15) is 31.4 Å². The average molecular weight is 236 g/mol. The number of aliphatic hydroxyl groups is 1. The normalized spacial score (nSPS) is 11.3. The molecule has 0 aliphatic carbocycles. The van der Waals surface area contributed by atoms with Crippen LogP contribution in [0, 0.1) is 0 Å². The van der Waals surface area contributed by atoms with Gasteiger partial charge in [0.15, 0.2) is 0 Å². The largest absolute Gasteiger partial charge is 0.392 e. The Morgan fingerprint density at radius 3 is 2.29 bits per heavy atom. The minimum absolute atomic E-state index is 0.0357. The van der Waals surface area contributed by atoms with Crippen LogP contribution in [-0.4, -0.2) is 16.6 Å². The summed E-state index contributed by atoms with van der Waals surface area (Å²) in [4.78, 5) is 11.5. The van der Waals surface area contributed by atoms with E-state index >= 15 is 0 Å². The van der Waals surface area contributed by atoms with Gasteiger partial charge >= 0.3 is 0 Å². The molecule has 4 nitrogen and oxygen atoms in total. The number of nitrogens with one attached hydrogen (secondary N) is 1. The third-order valence-corrected chi connectivity index (χ3v) is 2.31. The molecule has 1 amide bonds. The van der Waals surface area contributed by atoms with Gasteiger partial charge in [-0.15, -0.1) is 0 Å². The van der Waals surface area contributed by atoms with E-state index in [2.05, 4.69) is 5.32 Å². The molecule has 0 spiro atoms. The minimum Gasteiger partial charge on any atom is -0.392 e. The molecule has 0 aliphatic rings. The zero-order chi connectivity index (χ0) is 12.9. The number of hydrogen-bond donors (Lipinski definition) is 3. The second-order valence-corrected chi connectivity index (χ2v) is 4.92. The summed E-state index contributed by atoms with van der Waals surface area (Å²) in [5, 5.41) is 11.7. The van der Waals surface area contributed by atoms with Crippen LogP contribution in [0.5, 0.6) is 0 Å². The smallest absolute Gasteiger partial charge is 0.222 e. The lowest BCUT2D eigenvalue weighted by atomic mass is 10.0. The number of aliphatic hydroxyl groups excluding tert-OH is 1. The second-order valence-electron chi connectivity index (χ2n) is 4.92. The number of benzene rings is 1. The van der Waals surface area contributed by atoms with Crippen molar-refractivity contribution >= 4 is 5.91 Å². The molecule has 0 unspecified atom stereocenters. The van der Waals surface area contributed by atoms with E-state index < -0.39 is 5.54 Å². The van der Waals surface area contributed by atoms with Gasteiger partial charge in [-0.1, -0.05) is 24.3 Å². The molecule has 4 N–H and O–H groups in total. The molecule has 0 saturated carbocycles. The van der Waals surface area contributed by atoms with Gasteiger partial charge in [0.1, 0.15) is 0 Å². The van der Waals surface area contributed by atoms with Crippen molar-refractivity contribution < 1.29 is 9.90 Å². The van der Waals surface area contributed by atoms with Gasteiger partial charge in [0.25, 0.3) is 0 Å². The molecule has 0 saturated heterocycles. The molecular formula is C13H20N2O2. The van der Waals surface area contributed by atoms with E-state index in [1.54, 1.807) is 0 Å². The van der Waals surface area contributed by atoms with Gasteiger partial charge < -0.3 is 16.2 Å². The van der Waals surface area contributed by atoms with E-state index in [4.69, 9.17) is 10.8 Å². The van der Waals surface area contributed by atoms with Crippen LogP contribution in [0.4, 0.5) is 0 Å². The zero-order valence-electron chi connectivity index (χ0n) is 10.4. The first-order valence-electron chi connectivity index (χ1n) is 5.65. The monoisotopic (exact) mass is 236 g/mol. The molecule has 0 aromatic heterocycles. The fourth-order valence-electron chi connectivity index (χ4n) is 1.44. The third-order valence-electron chi connectivity index (χ3n) is 2.31. The maximum absolute atomic E-state index is 11.5. The lowest BCUT2D eigenvalue weighted by molar-refractivity contribution is -0.122. The topological polar surface area (TPSA) is 75.4 Å². The Kier molecular flexibility index (Phi) is 4.66. The summed E-state index contributed by atoms with van der Waals surface area (Å²) < 4.78 is 0. The average Bonchev–Trinajstić information content (AvgIpc) is 2.25. The lowest BCUT2D eigenvalue weighted by Crippen LogP contribution is -2.38. The van der Waals surface area contributed by atoms with Crippen LogP contribution in [0.2, 0.25) is 0 Å². The molecular weight excluding hydrogens is 216 g/mol. The second kappa shape index (κ2) is 5.80. The van der Waals surface area contributed by atoms with Crippen molar-refractivity contribution in [2.45, 2.75) is 39.0 Å². The van der Waals surface area contributed by atoms with Crippen molar-refractivity contribution in [1.82, 2.24) is 5.32 Å². The highest BCUT2D eigenvalue weighted by atomic mass is 16.3. The van der Waals surface area contributed by atoms with Crippen LogP contribution in [0.15, 0.2) is 24.3 Å². The van der Waals surface area contributed by atoms with Gasteiger partial charge in [0.2, 0.25) is 5.91 Å². The van der Waals surface area contributed by atoms with Gasteiger partial charge in [-0.3, -0.25) is 4.79 Å². The molecule has 0 radical (unpaired) electrons. The molecule has 0 bridgehead atoms. The highest BCUT2D eigenvalue weighted by Crippen LogP contribution is 2.06. The molecule has 0 atom stereocenters. The van der Waals surface area contributed by atoms with Gasteiger partial charge in [0, 0.05) is 18.5 Å². The Morgan fingerprint density at radius 2 is 1.82 bits per heavy atom. The molecule has 0 fully saturated rings. The Bertz CT molecular complexity index is 366. The van der Waals surface area contributed by atoms with Crippen molar-refractivity contribution in [3.8, 4) is 0 Å². The van der Waals surface area contributed by atoms with Gasteiger partial charge in [-0.25, -0.2) is 0 Å². The van der Waals surface area contributed by atoms with E-state index in [0.29, 0.717) is 13.0 Å². The number of rotatable bonds is 5. The van der Waals surface area contributed by atoms with Crippen LogP contribution >= 0.6 is 0 Å². The van der Waals surface area contributed by atoms with E-state index in [9.17, 15) is 4.79 Å². The van der Waals surface area contributed by atoms with Crippen LogP contribution in [0.25, 0.3) is 0 Å². The quantitative estimate of drug-likeness (QED) is 0.711. The molecule has 1 aromatic carbocycles. The summed E-state index contributed by atoms with van der Waals surface area (Å²) in [6.07, 6.45) is 0.307. The number of carbonyl (C=O) groups excluding carboxylic acids is 1. The summed E-state index contributed by atoms with van der Waals surface area (Å²) in [7, 11) is 0. The van der Waals surface area contributed by atoms with E-state index in [1.807, 2.05) is 38.1 Å². The Labute approximate surface area is 102 Å². The van der Waals surface area contributed by atoms with Crippen molar-refractivity contribution in [3.63, 3.8) is 0 Å². The first-order chi connectivity index (χ1) is 7.90. The summed E-state index contributed by atoms with van der Waals surface area (Å²) in [6.45, 7) is 4.17. The highest BCUT2D eigenvalue weighted by molar-refractivity contribution is 5.77. The summed E-state index contributed by atoms with van der Waals surface area (Å²) in [6, 6.07) is 7.46. The lowest BCUT2D eigenvalue weighted by Gasteiger charge is -2.17. The first kappa shape index (κ1) is 13.7. The Balaban J connectivity index is 2.42. The molecule has 0 heterocycles. The predicted molar refractivity (Wildman–Crippen MR) is 67.1 cm³/mol. The SMILES string of the molecule is CC(C)(N)CC(=O)NCc1ccc(CO)cc1. The van der Waals surface area contributed by atoms with Crippen molar-refractivity contribution in [2.75, 3.05) is 0 Å². The molecule has 0 aliphatic heterocycles. The molecule has 94 valence electrons. The van der Waals surface area contributed by atoms with Gasteiger partial charge in [-0.2, -0.15) is 0 Å². The molecule has 1 rings (SSSR count). The Hall–Kier alpha value is -1.39. The van der Waals surface area contributed by atoms with Crippen molar-refractivity contribution in [2.24, 2.45) is 5.73 Å². The zero-order valence-corrected chi connectivity index (χ0v) is 10.4. The summed E-state index contributed by atoms with van der Waals surface area (Å²) >= 11 is 0. The number of amides is 1. The number of hydrogen-bond acceptors (Lipinski definition) is 3. The summed E-state index contributed by atoms with van der Waals surface area (Å²) in [5.74, 6) is -0.0521. The highest BCUT2D eigenvalue weighted by Gasteiger charge is 2.15. The predicted octanol–water partition coefficient (Wildman–Crippen LogP) is 0.922. The number of nitrogens with two attached hydrogens (primary N) is 1. The van der Waals surface area contributed by atoms with Crippen molar-refractivity contribution in [1.29, 1.82) is 0 Å². The van der Waals surface area contributed by atoms with E-state index in [-0.39, 0.29) is 12.5 Å². The molecule has 1 aromatic rings. The minimum atomic E-state index is -0.481. The van der Waals surface area contributed by atoms with E-state index in [1.165, 1.54) is 0 Å². The fourth-order valence-corrected chi connectivity index (χ4v) is 1.44. The molecule has 4 heteroatoms. The van der Waals surface area contributed by atoms with Gasteiger partial charge in [-0.05, 0) is 25.0 Å². The maximum Gasteiger partial charge on any atom is 0.222 e. The fraction of sp³-hybridized carbons (Fsp3) is 0.462. The van der Waals surface area contributed by atoms with Crippen LogP contribution in [0.3, 0.4) is 0 Å². The van der Waals surface area contributed by atoms with Crippen LogP contribution < -0.4 is 11.1 Å². The van der Waals surface area contributed by atoms with E-state index in [0.717, 1.165) is 11.1 Å². The maximum atomic E-state index is 11.5. The molecule has 17 heavy (non-hydrogen) atoms. The summed E-state index contributed by atoms with van der Waals surface area (Å²) in [5.41, 5.74) is 7.14. The number of carbonyl (C=O) groups is 1. The standard InChI is InChI=1S/C13H20N2O2/c1-13(2,14)7-12(17)15-8-10-3-5-11(9-16)6-4-10/h3-6,16H,7-9,14H2,1-2H3,(H,15,17). The Morgan fingerprint density at radius 1 is 1.29 bits per heavy atom.